The van der Waals surface area contributed by atoms with Gasteiger partial charge in [-0.25, -0.2) is 0 Å². The predicted octanol–water partition coefficient (Wildman–Crippen LogP) is 0.328. The fourth-order valence-electron chi connectivity index (χ4n) is 1.40. The number of unbranched alkanes of at least 4 members (excludes halogenated alkanes) is 1. The predicted molar refractivity (Wildman–Crippen MR) is 58.4 cm³/mol. The molecule has 0 saturated heterocycles. The Kier molecular flexibility index (Phi) is 4.71. The molecule has 15 heavy (non-hydrogen) atoms. The van der Waals surface area contributed by atoms with Crippen LogP contribution in [-0.2, 0) is 13.6 Å². The van der Waals surface area contributed by atoms with Crippen molar-refractivity contribution in [3.8, 4) is 0 Å². The zero-order chi connectivity index (χ0) is 11.3. The molecular weight excluding hydrogens is 192 g/mol. The quantitative estimate of drug-likeness (QED) is 0.690. The van der Waals surface area contributed by atoms with Gasteiger partial charge in [-0.3, -0.25) is 4.90 Å². The summed E-state index contributed by atoms with van der Waals surface area (Å²) in [6.45, 7) is 4.01. The molecular formula is C10H20N4O. The van der Waals surface area contributed by atoms with Crippen LogP contribution in [0.5, 0.6) is 0 Å². The maximum absolute atomic E-state index is 8.67. The number of aliphatic hydroxyl groups is 1. The Morgan fingerprint density at radius 2 is 2.07 bits per heavy atom. The van der Waals surface area contributed by atoms with Crippen LogP contribution in [0.1, 0.15) is 24.5 Å². The van der Waals surface area contributed by atoms with Crippen molar-refractivity contribution < 1.29 is 5.11 Å². The Balaban J connectivity index is 2.37. The monoisotopic (exact) mass is 212 g/mol. The lowest BCUT2D eigenvalue weighted by Crippen LogP contribution is -2.21. The third-order valence-electron chi connectivity index (χ3n) is 2.54. The van der Waals surface area contributed by atoms with Gasteiger partial charge in [-0.2, -0.15) is 0 Å². The van der Waals surface area contributed by atoms with E-state index in [-0.39, 0.29) is 6.61 Å². The van der Waals surface area contributed by atoms with Crippen LogP contribution >= 0.6 is 0 Å². The fraction of sp³-hybridized carbons (Fsp3) is 0.800. The second-order valence-corrected chi connectivity index (χ2v) is 3.89. The van der Waals surface area contributed by atoms with Crippen molar-refractivity contribution in [3.05, 3.63) is 11.6 Å². The molecule has 1 aromatic heterocycles. The van der Waals surface area contributed by atoms with Gasteiger partial charge >= 0.3 is 0 Å². The molecule has 0 aliphatic heterocycles. The van der Waals surface area contributed by atoms with Gasteiger partial charge in [-0.15, -0.1) is 10.2 Å². The van der Waals surface area contributed by atoms with Gasteiger partial charge in [0.25, 0.3) is 0 Å². The van der Waals surface area contributed by atoms with Gasteiger partial charge in [-0.1, -0.05) is 0 Å². The highest BCUT2D eigenvalue weighted by molar-refractivity contribution is 4.91. The molecule has 1 aromatic rings. The van der Waals surface area contributed by atoms with E-state index in [9.17, 15) is 0 Å². The SMILES string of the molecule is Cc1nnc(CN(C)CCCCO)n1C. The Bertz CT molecular complexity index is 298. The van der Waals surface area contributed by atoms with Crippen LogP contribution in [0.4, 0.5) is 0 Å². The topological polar surface area (TPSA) is 54.2 Å². The maximum atomic E-state index is 8.67. The molecule has 0 spiro atoms. The second-order valence-electron chi connectivity index (χ2n) is 3.89. The van der Waals surface area contributed by atoms with Crippen LogP contribution in [0.25, 0.3) is 0 Å². The molecule has 86 valence electrons. The standard InChI is InChI=1S/C10H20N4O/c1-9-11-12-10(14(9)3)8-13(2)6-4-5-7-15/h15H,4-8H2,1-3H3. The highest BCUT2D eigenvalue weighted by Gasteiger charge is 2.07. The molecule has 0 radical (unpaired) electrons. The molecule has 5 nitrogen and oxygen atoms in total. The summed E-state index contributed by atoms with van der Waals surface area (Å²) in [6, 6.07) is 0. The van der Waals surface area contributed by atoms with Crippen LogP contribution in [0, 0.1) is 6.92 Å². The van der Waals surface area contributed by atoms with Crippen molar-refractivity contribution >= 4 is 0 Å². The third-order valence-corrected chi connectivity index (χ3v) is 2.54. The van der Waals surface area contributed by atoms with Crippen molar-refractivity contribution in [2.24, 2.45) is 7.05 Å². The summed E-state index contributed by atoms with van der Waals surface area (Å²) in [5.41, 5.74) is 0. The molecule has 1 rings (SSSR count). The molecule has 1 N–H and O–H groups in total. The van der Waals surface area contributed by atoms with Crippen LogP contribution in [0.2, 0.25) is 0 Å². The first-order valence-corrected chi connectivity index (χ1v) is 5.29. The summed E-state index contributed by atoms with van der Waals surface area (Å²) in [4.78, 5) is 2.19. The lowest BCUT2D eigenvalue weighted by molar-refractivity contribution is 0.258. The number of nitrogens with zero attached hydrogens (tertiary/aromatic N) is 4. The molecule has 0 aliphatic rings. The van der Waals surface area contributed by atoms with Gasteiger partial charge in [0.2, 0.25) is 0 Å². The average molecular weight is 212 g/mol. The van der Waals surface area contributed by atoms with E-state index in [4.69, 9.17) is 5.11 Å². The molecule has 0 aliphatic carbocycles. The van der Waals surface area contributed by atoms with E-state index in [1.54, 1.807) is 0 Å². The van der Waals surface area contributed by atoms with Gasteiger partial charge in [0.05, 0.1) is 6.54 Å². The van der Waals surface area contributed by atoms with Gasteiger partial charge in [-0.05, 0) is 33.4 Å². The van der Waals surface area contributed by atoms with E-state index in [0.717, 1.165) is 37.6 Å². The first-order chi connectivity index (χ1) is 7.15. The number of aromatic nitrogens is 3. The van der Waals surface area contributed by atoms with Crippen molar-refractivity contribution in [2.45, 2.75) is 26.3 Å². The van der Waals surface area contributed by atoms with Crippen LogP contribution < -0.4 is 0 Å². The molecule has 0 atom stereocenters. The van der Waals surface area contributed by atoms with E-state index >= 15 is 0 Å². The van der Waals surface area contributed by atoms with Crippen LogP contribution in [0.3, 0.4) is 0 Å². The highest BCUT2D eigenvalue weighted by atomic mass is 16.2. The summed E-state index contributed by atoms with van der Waals surface area (Å²) in [6.07, 6.45) is 1.88. The van der Waals surface area contributed by atoms with E-state index in [0.29, 0.717) is 0 Å². The fourth-order valence-corrected chi connectivity index (χ4v) is 1.40. The highest BCUT2D eigenvalue weighted by Crippen LogP contribution is 2.02. The Hall–Kier alpha value is -0.940. The zero-order valence-electron chi connectivity index (χ0n) is 9.77. The summed E-state index contributed by atoms with van der Waals surface area (Å²) in [7, 11) is 4.04. The van der Waals surface area contributed by atoms with Crippen molar-refractivity contribution in [3.63, 3.8) is 0 Å². The molecule has 0 fully saturated rings. The number of rotatable bonds is 6. The minimum atomic E-state index is 0.275. The van der Waals surface area contributed by atoms with E-state index < -0.39 is 0 Å². The zero-order valence-corrected chi connectivity index (χ0v) is 9.77. The van der Waals surface area contributed by atoms with Gasteiger partial charge < -0.3 is 9.67 Å². The van der Waals surface area contributed by atoms with Crippen LogP contribution in [0.15, 0.2) is 0 Å². The number of hydrogen-bond acceptors (Lipinski definition) is 4. The number of aliphatic hydroxyl groups excluding tert-OH is 1. The normalized spacial score (nSPS) is 11.3. The second kappa shape index (κ2) is 5.82. The van der Waals surface area contributed by atoms with Crippen molar-refractivity contribution in [1.29, 1.82) is 0 Å². The minimum Gasteiger partial charge on any atom is -0.396 e. The first-order valence-electron chi connectivity index (χ1n) is 5.29. The molecule has 0 bridgehead atoms. The molecule has 5 heteroatoms. The van der Waals surface area contributed by atoms with E-state index in [1.165, 1.54) is 0 Å². The minimum absolute atomic E-state index is 0.275. The average Bonchev–Trinajstić information content (AvgIpc) is 2.50. The van der Waals surface area contributed by atoms with Crippen molar-refractivity contribution in [1.82, 2.24) is 19.7 Å². The number of aryl methyl sites for hydroxylation is 1. The summed E-state index contributed by atoms with van der Waals surface area (Å²) in [5.74, 6) is 1.92. The van der Waals surface area contributed by atoms with E-state index in [1.807, 2.05) is 18.5 Å². The lowest BCUT2D eigenvalue weighted by Gasteiger charge is -2.15. The molecule has 0 unspecified atom stereocenters. The molecule has 0 saturated carbocycles. The molecule has 0 amide bonds. The Labute approximate surface area is 90.7 Å². The molecule has 1 heterocycles. The Morgan fingerprint density at radius 1 is 1.33 bits per heavy atom. The summed E-state index contributed by atoms with van der Waals surface area (Å²) in [5, 5.41) is 16.8. The molecule has 0 aromatic carbocycles. The van der Waals surface area contributed by atoms with Gasteiger partial charge in [0, 0.05) is 13.7 Å². The van der Waals surface area contributed by atoms with Crippen molar-refractivity contribution in [2.75, 3.05) is 20.2 Å². The van der Waals surface area contributed by atoms with Gasteiger partial charge in [0.1, 0.15) is 11.6 Å². The first kappa shape index (κ1) is 12.1. The largest absolute Gasteiger partial charge is 0.396 e. The Morgan fingerprint density at radius 3 is 2.60 bits per heavy atom. The summed E-state index contributed by atoms with van der Waals surface area (Å²) >= 11 is 0. The number of hydrogen-bond donors (Lipinski definition) is 1. The smallest absolute Gasteiger partial charge is 0.146 e. The lowest BCUT2D eigenvalue weighted by atomic mass is 10.3. The van der Waals surface area contributed by atoms with Gasteiger partial charge in [0.15, 0.2) is 0 Å². The van der Waals surface area contributed by atoms with E-state index in [2.05, 4.69) is 22.1 Å². The van der Waals surface area contributed by atoms with Crippen LogP contribution in [-0.4, -0.2) is 45.0 Å². The maximum Gasteiger partial charge on any atom is 0.146 e. The third kappa shape index (κ3) is 3.60. The summed E-state index contributed by atoms with van der Waals surface area (Å²) < 4.78 is 2.00.